The number of rotatable bonds is 7. The van der Waals surface area contributed by atoms with Crippen molar-refractivity contribution in [3.8, 4) is 0 Å². The lowest BCUT2D eigenvalue weighted by Gasteiger charge is -2.20. The molecule has 0 spiro atoms. The number of hydrogen-bond acceptors (Lipinski definition) is 8. The van der Waals surface area contributed by atoms with Crippen molar-refractivity contribution < 1.29 is 37.4 Å². The lowest BCUT2D eigenvalue weighted by atomic mass is 10.1. The molecule has 3 N–H and O–H groups in total. The van der Waals surface area contributed by atoms with Gasteiger partial charge in [-0.15, -0.1) is 0 Å². The average Bonchev–Trinajstić information content (AvgIpc) is 2.82. The van der Waals surface area contributed by atoms with Gasteiger partial charge in [0.25, 0.3) is 5.56 Å². The third-order valence-electron chi connectivity index (χ3n) is 3.56. The zero-order valence-corrected chi connectivity index (χ0v) is 15.1. The summed E-state index contributed by atoms with van der Waals surface area (Å²) in [6.07, 6.45) is -2.97. The van der Waals surface area contributed by atoms with Gasteiger partial charge in [0.1, 0.15) is 12.3 Å². The van der Waals surface area contributed by atoms with Gasteiger partial charge in [-0.25, -0.2) is 4.79 Å². The molecule has 14 heteroatoms. The van der Waals surface area contributed by atoms with Crippen LogP contribution in [0.1, 0.15) is 13.2 Å². The first-order valence-corrected chi connectivity index (χ1v) is 10.0. The van der Waals surface area contributed by atoms with Crippen LogP contribution in [0, 0.1) is 5.92 Å². The number of H-pyrrole nitrogens is 1. The van der Waals surface area contributed by atoms with Crippen LogP contribution >= 0.6 is 15.9 Å². The van der Waals surface area contributed by atoms with E-state index in [9.17, 15) is 23.6 Å². The van der Waals surface area contributed by atoms with Gasteiger partial charge in [0.15, 0.2) is 12.6 Å². The van der Waals surface area contributed by atoms with Crippen molar-refractivity contribution in [1.82, 2.24) is 9.55 Å². The molecule has 1 aromatic rings. The molecule has 0 aromatic carbocycles. The molecular formula is C11H18N2O10P2. The minimum atomic E-state index is -4.02. The van der Waals surface area contributed by atoms with Gasteiger partial charge in [0.05, 0.1) is 0 Å². The van der Waals surface area contributed by atoms with Crippen LogP contribution in [0.4, 0.5) is 0 Å². The van der Waals surface area contributed by atoms with E-state index in [1.54, 1.807) is 6.92 Å². The van der Waals surface area contributed by atoms with Gasteiger partial charge in [0, 0.05) is 25.3 Å². The molecule has 1 aromatic heterocycles. The van der Waals surface area contributed by atoms with Crippen LogP contribution in [0.3, 0.4) is 0 Å². The van der Waals surface area contributed by atoms with E-state index in [1.165, 1.54) is 6.20 Å². The number of nitrogens with zero attached hydrogens (tertiary/aromatic N) is 1. The highest BCUT2D eigenvalue weighted by atomic mass is 31.2. The highest BCUT2D eigenvalue weighted by molar-refractivity contribution is 7.52. The quantitative estimate of drug-likeness (QED) is 0.513. The molecule has 2 heterocycles. The van der Waals surface area contributed by atoms with Crippen molar-refractivity contribution in [1.29, 1.82) is 0 Å². The van der Waals surface area contributed by atoms with Crippen LogP contribution < -0.4 is 11.2 Å². The third kappa shape index (κ3) is 4.96. The van der Waals surface area contributed by atoms with Crippen LogP contribution in [0.15, 0.2) is 21.9 Å². The van der Waals surface area contributed by atoms with Gasteiger partial charge in [-0.1, -0.05) is 6.92 Å². The summed E-state index contributed by atoms with van der Waals surface area (Å²) in [5, 5.41) is 0. The first-order valence-electron chi connectivity index (χ1n) is 7.00. The fraction of sp³-hybridized carbons (Fsp3) is 0.636. The van der Waals surface area contributed by atoms with Crippen molar-refractivity contribution in [2.45, 2.75) is 25.5 Å². The Hall–Kier alpha value is -1.10. The average molecular weight is 400 g/mol. The first kappa shape index (κ1) is 20.2. The van der Waals surface area contributed by atoms with Gasteiger partial charge in [-0.3, -0.25) is 23.5 Å². The lowest BCUT2D eigenvalue weighted by Crippen LogP contribution is -2.34. The van der Waals surface area contributed by atoms with Crippen molar-refractivity contribution in [3.05, 3.63) is 33.1 Å². The van der Waals surface area contributed by atoms with Crippen LogP contribution in [-0.4, -0.2) is 45.2 Å². The molecule has 1 fully saturated rings. The zero-order valence-electron chi connectivity index (χ0n) is 13.2. The van der Waals surface area contributed by atoms with Crippen molar-refractivity contribution in [2.75, 3.05) is 13.5 Å². The van der Waals surface area contributed by atoms with E-state index in [4.69, 9.17) is 18.9 Å². The number of hydrogen-bond donors (Lipinski definition) is 3. The number of aromatic amines is 1. The molecule has 0 aliphatic carbocycles. The van der Waals surface area contributed by atoms with Crippen LogP contribution in [0.2, 0.25) is 0 Å². The van der Waals surface area contributed by atoms with Crippen LogP contribution in [-0.2, 0) is 27.7 Å². The maximum Gasteiger partial charge on any atom is 0.353 e. The second kappa shape index (κ2) is 8.07. The molecule has 12 nitrogen and oxygen atoms in total. The summed E-state index contributed by atoms with van der Waals surface area (Å²) in [6, 6.07) is 1.10. The second-order valence-corrected chi connectivity index (χ2v) is 7.90. The van der Waals surface area contributed by atoms with Gasteiger partial charge < -0.3 is 28.3 Å². The maximum absolute atomic E-state index is 11.9. The van der Waals surface area contributed by atoms with E-state index in [-0.39, 0.29) is 0 Å². The SMILES string of the molecule is COP(=O)(O)CO[C@H]1O[C@@H](n2ccc(=O)[nH]c2=O)[C@H](C)[C@@H]1O[PH](=O)O. The van der Waals surface area contributed by atoms with Crippen molar-refractivity contribution in [2.24, 2.45) is 5.92 Å². The van der Waals surface area contributed by atoms with Crippen molar-refractivity contribution >= 4 is 15.9 Å². The summed E-state index contributed by atoms with van der Waals surface area (Å²) >= 11 is 0. The molecule has 0 saturated carbocycles. The molecular weight excluding hydrogens is 382 g/mol. The smallest absolute Gasteiger partial charge is 0.337 e. The Kier molecular flexibility index (Phi) is 6.52. The molecule has 1 aliphatic rings. The molecule has 142 valence electrons. The predicted molar refractivity (Wildman–Crippen MR) is 83.3 cm³/mol. The standard InChI is InChI=1S/C11H18N2O10P2/c1-6-8(23-24(16)17)10(21-5-25(18,19)20-2)22-9(6)13-4-3-7(14)12-11(13)15/h3-4,6,8-10,24H,5H2,1-2H3,(H,16,17)(H,18,19)(H,12,14,15)/t6-,8+,9-,10+/m1/s1. The molecule has 2 rings (SSSR count). The summed E-state index contributed by atoms with van der Waals surface area (Å²) in [4.78, 5) is 43.5. The van der Waals surface area contributed by atoms with Gasteiger partial charge in [-0.05, 0) is 0 Å². The second-order valence-electron chi connectivity index (χ2n) is 5.24. The Labute approximate surface area is 141 Å². The summed E-state index contributed by atoms with van der Waals surface area (Å²) in [6.45, 7) is 1.57. The first-order chi connectivity index (χ1) is 11.6. The summed E-state index contributed by atoms with van der Waals surface area (Å²) in [7, 11) is -6.38. The Bertz CT molecular complexity index is 792. The number of nitrogens with one attached hydrogen (secondary N) is 1. The molecule has 0 bridgehead atoms. The van der Waals surface area contributed by atoms with E-state index < -0.39 is 58.0 Å². The zero-order chi connectivity index (χ0) is 18.8. The Balaban J connectivity index is 2.26. The molecule has 6 atom stereocenters. The minimum absolute atomic E-state index is 0.603. The summed E-state index contributed by atoms with van der Waals surface area (Å²) in [5.41, 5.74) is -1.36. The molecule has 1 aliphatic heterocycles. The Morgan fingerprint density at radius 3 is 2.72 bits per heavy atom. The fourth-order valence-electron chi connectivity index (χ4n) is 2.33. The van der Waals surface area contributed by atoms with E-state index in [0.29, 0.717) is 0 Å². The number of aromatic nitrogens is 2. The minimum Gasteiger partial charge on any atom is -0.337 e. The normalized spacial score (nSPS) is 30.1. The van der Waals surface area contributed by atoms with Crippen LogP contribution in [0.5, 0.6) is 0 Å². The number of ether oxygens (including phenoxy) is 2. The topological polar surface area (TPSA) is 166 Å². The largest absolute Gasteiger partial charge is 0.353 e. The third-order valence-corrected chi connectivity index (χ3v) is 5.08. The van der Waals surface area contributed by atoms with E-state index >= 15 is 0 Å². The predicted octanol–water partition coefficient (Wildman–Crippen LogP) is -0.399. The van der Waals surface area contributed by atoms with E-state index in [1.807, 2.05) is 0 Å². The fourth-order valence-corrected chi connectivity index (χ4v) is 3.33. The van der Waals surface area contributed by atoms with E-state index in [0.717, 1.165) is 17.7 Å². The molecule has 25 heavy (non-hydrogen) atoms. The van der Waals surface area contributed by atoms with Crippen LogP contribution in [0.25, 0.3) is 0 Å². The lowest BCUT2D eigenvalue weighted by molar-refractivity contribution is -0.165. The highest BCUT2D eigenvalue weighted by Crippen LogP contribution is 2.44. The van der Waals surface area contributed by atoms with Gasteiger partial charge >= 0.3 is 21.5 Å². The monoisotopic (exact) mass is 400 g/mol. The van der Waals surface area contributed by atoms with Crippen molar-refractivity contribution in [3.63, 3.8) is 0 Å². The molecule has 0 radical (unpaired) electrons. The summed E-state index contributed by atoms with van der Waals surface area (Å²) < 4.78 is 43.6. The maximum atomic E-state index is 11.9. The molecule has 0 amide bonds. The van der Waals surface area contributed by atoms with Gasteiger partial charge in [-0.2, -0.15) is 0 Å². The molecule has 2 unspecified atom stereocenters. The van der Waals surface area contributed by atoms with E-state index in [2.05, 4.69) is 9.51 Å². The highest BCUT2D eigenvalue weighted by Gasteiger charge is 2.46. The summed E-state index contributed by atoms with van der Waals surface area (Å²) in [5.74, 6) is -0.657. The van der Waals surface area contributed by atoms with Gasteiger partial charge in [0.2, 0.25) is 0 Å². The Morgan fingerprint density at radius 1 is 1.48 bits per heavy atom. The Morgan fingerprint density at radius 2 is 2.16 bits per heavy atom. The molecule has 1 saturated heterocycles.